The average molecular weight is 383 g/mol. The predicted molar refractivity (Wildman–Crippen MR) is 103 cm³/mol. The maximum atomic E-state index is 9.28. The summed E-state index contributed by atoms with van der Waals surface area (Å²) < 4.78 is 8.00. The molecular weight excluding hydrogens is 364 g/mol. The summed E-state index contributed by atoms with van der Waals surface area (Å²) in [7, 11) is 0. The van der Waals surface area contributed by atoms with E-state index < -0.39 is 0 Å². The Balaban J connectivity index is 1.59. The van der Waals surface area contributed by atoms with E-state index in [1.807, 2.05) is 30.3 Å². The molecule has 7 heteroatoms. The third-order valence-electron chi connectivity index (χ3n) is 4.36. The van der Waals surface area contributed by atoms with Gasteiger partial charge in [-0.15, -0.1) is 21.5 Å². The third kappa shape index (κ3) is 3.68. The highest BCUT2D eigenvalue weighted by molar-refractivity contribution is 7.98. The fourth-order valence-corrected chi connectivity index (χ4v) is 4.71. The van der Waals surface area contributed by atoms with Crippen molar-refractivity contribution >= 4 is 23.1 Å². The van der Waals surface area contributed by atoms with Gasteiger partial charge in [-0.1, -0.05) is 36.0 Å². The first-order valence-corrected chi connectivity index (χ1v) is 10.4. The maximum Gasteiger partial charge on any atom is 0.191 e. The summed E-state index contributed by atoms with van der Waals surface area (Å²) in [5.41, 5.74) is 1.73. The Morgan fingerprint density at radius 3 is 2.96 bits per heavy atom. The van der Waals surface area contributed by atoms with Crippen molar-refractivity contribution in [2.45, 2.75) is 36.4 Å². The first kappa shape index (κ1) is 17.3. The number of nitriles is 1. The Morgan fingerprint density at radius 1 is 1.27 bits per heavy atom. The molecule has 5 nitrogen and oxygen atoms in total. The highest BCUT2D eigenvalue weighted by Gasteiger charge is 2.22. The Morgan fingerprint density at radius 2 is 2.19 bits per heavy atom. The zero-order valence-electron chi connectivity index (χ0n) is 14.2. The molecule has 3 heterocycles. The number of aromatic nitrogens is 3. The van der Waals surface area contributed by atoms with Crippen LogP contribution >= 0.6 is 23.1 Å². The largest absolute Gasteiger partial charge is 0.376 e. The lowest BCUT2D eigenvalue weighted by atomic mass is 10.1. The molecule has 0 unspecified atom stereocenters. The molecule has 0 spiro atoms. The highest BCUT2D eigenvalue weighted by Crippen LogP contribution is 2.30. The quantitative estimate of drug-likeness (QED) is 0.593. The van der Waals surface area contributed by atoms with Crippen molar-refractivity contribution in [3.8, 4) is 16.8 Å². The van der Waals surface area contributed by atoms with Crippen LogP contribution in [0.25, 0.3) is 10.7 Å². The normalized spacial score (nSPS) is 16.7. The smallest absolute Gasteiger partial charge is 0.191 e. The summed E-state index contributed by atoms with van der Waals surface area (Å²) in [5.74, 6) is 1.59. The van der Waals surface area contributed by atoms with Gasteiger partial charge in [-0.2, -0.15) is 5.26 Å². The van der Waals surface area contributed by atoms with E-state index >= 15 is 0 Å². The minimum Gasteiger partial charge on any atom is -0.376 e. The second-order valence-electron chi connectivity index (χ2n) is 6.09. The van der Waals surface area contributed by atoms with Crippen LogP contribution < -0.4 is 0 Å². The zero-order valence-corrected chi connectivity index (χ0v) is 15.8. The molecule has 1 fully saturated rings. The molecule has 132 valence electrons. The van der Waals surface area contributed by atoms with Crippen molar-refractivity contribution in [2.24, 2.45) is 0 Å². The Bertz CT molecular complexity index is 908. The van der Waals surface area contributed by atoms with Crippen LogP contribution in [0, 0.1) is 11.3 Å². The number of ether oxygens (including phenoxy) is 1. The molecule has 0 bridgehead atoms. The molecular formula is C19H18N4OS2. The second kappa shape index (κ2) is 8.04. The molecule has 0 N–H and O–H groups in total. The fourth-order valence-electron chi connectivity index (χ4n) is 3.04. The lowest BCUT2D eigenvalue weighted by molar-refractivity contribution is 0.0953. The van der Waals surface area contributed by atoms with Gasteiger partial charge in [0.25, 0.3) is 0 Å². The van der Waals surface area contributed by atoms with E-state index in [1.165, 1.54) is 0 Å². The van der Waals surface area contributed by atoms with Gasteiger partial charge in [-0.3, -0.25) is 4.57 Å². The number of thiophene rings is 1. The summed E-state index contributed by atoms with van der Waals surface area (Å²) >= 11 is 3.28. The summed E-state index contributed by atoms with van der Waals surface area (Å²) in [6, 6.07) is 14.1. The summed E-state index contributed by atoms with van der Waals surface area (Å²) in [6.45, 7) is 1.60. The van der Waals surface area contributed by atoms with Crippen molar-refractivity contribution in [2.75, 3.05) is 6.61 Å². The van der Waals surface area contributed by atoms with Gasteiger partial charge in [0.05, 0.1) is 29.2 Å². The van der Waals surface area contributed by atoms with Crippen LogP contribution in [0.15, 0.2) is 46.9 Å². The van der Waals surface area contributed by atoms with Gasteiger partial charge in [0.15, 0.2) is 11.0 Å². The van der Waals surface area contributed by atoms with Crippen molar-refractivity contribution in [1.82, 2.24) is 14.8 Å². The molecule has 2 aromatic heterocycles. The second-order valence-corrected chi connectivity index (χ2v) is 7.98. The van der Waals surface area contributed by atoms with Gasteiger partial charge in [0, 0.05) is 12.4 Å². The Kier molecular flexibility index (Phi) is 5.34. The number of rotatable bonds is 6. The summed E-state index contributed by atoms with van der Waals surface area (Å²) in [4.78, 5) is 1.11. The molecule has 0 saturated carbocycles. The minimum absolute atomic E-state index is 0.218. The topological polar surface area (TPSA) is 63.7 Å². The lowest BCUT2D eigenvalue weighted by Gasteiger charge is -2.14. The molecule has 0 aliphatic carbocycles. The monoisotopic (exact) mass is 382 g/mol. The molecule has 1 atom stereocenters. The van der Waals surface area contributed by atoms with E-state index in [-0.39, 0.29) is 6.10 Å². The number of nitrogens with zero attached hydrogens (tertiary/aromatic N) is 4. The third-order valence-corrected chi connectivity index (χ3v) is 6.24. The van der Waals surface area contributed by atoms with Gasteiger partial charge >= 0.3 is 0 Å². The van der Waals surface area contributed by atoms with E-state index in [1.54, 1.807) is 23.1 Å². The van der Waals surface area contributed by atoms with Gasteiger partial charge in [0.2, 0.25) is 0 Å². The minimum atomic E-state index is 0.218. The molecule has 1 saturated heterocycles. The van der Waals surface area contributed by atoms with Crippen molar-refractivity contribution in [3.63, 3.8) is 0 Å². The molecule has 0 amide bonds. The van der Waals surface area contributed by atoms with Crippen LogP contribution in [0.2, 0.25) is 0 Å². The summed E-state index contributed by atoms with van der Waals surface area (Å²) in [6.07, 6.45) is 2.40. The van der Waals surface area contributed by atoms with Crippen molar-refractivity contribution < 1.29 is 4.74 Å². The van der Waals surface area contributed by atoms with Crippen molar-refractivity contribution in [1.29, 1.82) is 5.26 Å². The molecule has 1 aliphatic heterocycles. The molecule has 3 aromatic rings. The fraction of sp³-hybridized carbons (Fsp3) is 0.316. The zero-order chi connectivity index (χ0) is 17.8. The van der Waals surface area contributed by atoms with Crippen LogP contribution in [-0.2, 0) is 17.0 Å². The number of benzene rings is 1. The van der Waals surface area contributed by atoms with Gasteiger partial charge in [0.1, 0.15) is 0 Å². The summed E-state index contributed by atoms with van der Waals surface area (Å²) in [5, 5.41) is 21.1. The SMILES string of the molecule is N#Cc1ccccc1CSc1nnc(-c2cccs2)n1C[C@@H]1CCCO1. The predicted octanol–water partition coefficient (Wildman–Crippen LogP) is 4.35. The molecule has 1 aromatic carbocycles. The number of hydrogen-bond acceptors (Lipinski definition) is 6. The first-order valence-electron chi connectivity index (χ1n) is 8.54. The van der Waals surface area contributed by atoms with E-state index in [0.717, 1.165) is 47.4 Å². The van der Waals surface area contributed by atoms with Crippen LogP contribution in [0.4, 0.5) is 0 Å². The van der Waals surface area contributed by atoms with E-state index in [0.29, 0.717) is 11.3 Å². The number of thioether (sulfide) groups is 1. The van der Waals surface area contributed by atoms with Crippen LogP contribution in [0.1, 0.15) is 24.0 Å². The molecule has 0 radical (unpaired) electrons. The van der Waals surface area contributed by atoms with Crippen LogP contribution in [0.3, 0.4) is 0 Å². The average Bonchev–Trinajstić information content (AvgIpc) is 3.43. The Hall–Kier alpha value is -2.14. The van der Waals surface area contributed by atoms with Crippen LogP contribution in [0.5, 0.6) is 0 Å². The highest BCUT2D eigenvalue weighted by atomic mass is 32.2. The van der Waals surface area contributed by atoms with Gasteiger partial charge < -0.3 is 4.74 Å². The molecule has 4 rings (SSSR count). The molecule has 26 heavy (non-hydrogen) atoms. The molecule has 1 aliphatic rings. The van der Waals surface area contributed by atoms with Crippen LogP contribution in [-0.4, -0.2) is 27.5 Å². The Labute approximate surface area is 160 Å². The first-order chi connectivity index (χ1) is 12.8. The van der Waals surface area contributed by atoms with E-state index in [2.05, 4.69) is 32.3 Å². The van der Waals surface area contributed by atoms with Crippen molar-refractivity contribution in [3.05, 3.63) is 52.9 Å². The van der Waals surface area contributed by atoms with E-state index in [9.17, 15) is 5.26 Å². The number of hydrogen-bond donors (Lipinski definition) is 0. The van der Waals surface area contributed by atoms with E-state index in [4.69, 9.17) is 4.74 Å². The maximum absolute atomic E-state index is 9.28. The van der Waals surface area contributed by atoms with Gasteiger partial charge in [-0.05, 0) is 35.9 Å². The standard InChI is InChI=1S/C19H18N4OS2/c20-11-14-5-1-2-6-15(14)13-26-19-22-21-18(17-8-4-10-25-17)23(19)12-16-7-3-9-24-16/h1-2,4-6,8,10,16H,3,7,9,12-13H2/t16-/m0/s1. The van der Waals surface area contributed by atoms with Gasteiger partial charge in [-0.25, -0.2) is 0 Å². The lowest BCUT2D eigenvalue weighted by Crippen LogP contribution is -2.16.